The number of carbonyl (C=O) groups excluding carboxylic acids is 1. The van der Waals surface area contributed by atoms with Gasteiger partial charge in [-0.1, -0.05) is 12.1 Å². The monoisotopic (exact) mass is 331 g/mol. The van der Waals surface area contributed by atoms with Gasteiger partial charge >= 0.3 is 0 Å². The first-order valence-corrected chi connectivity index (χ1v) is 7.97. The molecule has 1 atom stereocenters. The largest absolute Gasteiger partial charge is 0.376 e. The Labute approximate surface area is 138 Å². The SMILES string of the molecule is O=C(C1COCCO1)N1Cc2cnn(Cc3ccc(F)cc3)c2C1. The molecule has 1 unspecified atom stereocenters. The van der Waals surface area contributed by atoms with Gasteiger partial charge in [-0.05, 0) is 17.7 Å². The number of rotatable bonds is 3. The van der Waals surface area contributed by atoms with E-state index in [-0.39, 0.29) is 11.7 Å². The highest BCUT2D eigenvalue weighted by Crippen LogP contribution is 2.24. The lowest BCUT2D eigenvalue weighted by Crippen LogP contribution is -2.43. The lowest BCUT2D eigenvalue weighted by atomic mass is 10.2. The molecule has 7 heteroatoms. The molecule has 3 heterocycles. The molecule has 1 amide bonds. The lowest BCUT2D eigenvalue weighted by molar-refractivity contribution is -0.158. The first-order chi connectivity index (χ1) is 11.7. The number of benzene rings is 1. The van der Waals surface area contributed by atoms with Crippen LogP contribution in [-0.4, -0.2) is 46.5 Å². The van der Waals surface area contributed by atoms with E-state index in [2.05, 4.69) is 5.10 Å². The van der Waals surface area contributed by atoms with Crippen LogP contribution in [-0.2, 0) is 33.9 Å². The van der Waals surface area contributed by atoms with Gasteiger partial charge in [0.05, 0.1) is 44.8 Å². The first kappa shape index (κ1) is 15.3. The van der Waals surface area contributed by atoms with Crippen LogP contribution < -0.4 is 0 Å². The van der Waals surface area contributed by atoms with Crippen LogP contribution in [0.1, 0.15) is 16.8 Å². The van der Waals surface area contributed by atoms with E-state index < -0.39 is 6.10 Å². The summed E-state index contributed by atoms with van der Waals surface area (Å²) in [6.07, 6.45) is 1.28. The van der Waals surface area contributed by atoms with Crippen molar-refractivity contribution in [3.63, 3.8) is 0 Å². The lowest BCUT2D eigenvalue weighted by Gasteiger charge is -2.26. The third-order valence-corrected chi connectivity index (χ3v) is 4.39. The van der Waals surface area contributed by atoms with Crippen molar-refractivity contribution in [2.75, 3.05) is 19.8 Å². The summed E-state index contributed by atoms with van der Waals surface area (Å²) >= 11 is 0. The quantitative estimate of drug-likeness (QED) is 0.851. The molecule has 2 aliphatic rings. The van der Waals surface area contributed by atoms with E-state index in [0.717, 1.165) is 16.8 Å². The molecule has 2 aromatic rings. The molecule has 1 saturated heterocycles. The molecule has 126 valence electrons. The Balaban J connectivity index is 1.46. The number of amides is 1. The number of fused-ring (bicyclic) bond motifs is 1. The Morgan fingerprint density at radius 2 is 2.08 bits per heavy atom. The van der Waals surface area contributed by atoms with Gasteiger partial charge in [0.15, 0.2) is 6.10 Å². The second-order valence-corrected chi connectivity index (χ2v) is 6.03. The zero-order valence-electron chi connectivity index (χ0n) is 13.2. The highest BCUT2D eigenvalue weighted by atomic mass is 19.1. The van der Waals surface area contributed by atoms with Crippen molar-refractivity contribution in [2.24, 2.45) is 0 Å². The normalized spacial score (nSPS) is 20.2. The Morgan fingerprint density at radius 1 is 1.25 bits per heavy atom. The molecule has 1 aromatic carbocycles. The van der Waals surface area contributed by atoms with Crippen LogP contribution in [0, 0.1) is 5.82 Å². The molecule has 0 bridgehead atoms. The van der Waals surface area contributed by atoms with E-state index in [9.17, 15) is 9.18 Å². The maximum atomic E-state index is 13.0. The van der Waals surface area contributed by atoms with Crippen LogP contribution in [0.4, 0.5) is 4.39 Å². The molecule has 0 radical (unpaired) electrons. The van der Waals surface area contributed by atoms with Crippen LogP contribution in [0.2, 0.25) is 0 Å². The van der Waals surface area contributed by atoms with Gasteiger partial charge in [-0.3, -0.25) is 9.48 Å². The zero-order chi connectivity index (χ0) is 16.5. The summed E-state index contributed by atoms with van der Waals surface area (Å²) in [5.74, 6) is -0.296. The summed E-state index contributed by atoms with van der Waals surface area (Å²) in [7, 11) is 0. The van der Waals surface area contributed by atoms with Gasteiger partial charge in [-0.2, -0.15) is 5.10 Å². The number of ether oxygens (including phenoxy) is 2. The highest BCUT2D eigenvalue weighted by Gasteiger charge is 2.33. The molecule has 0 aliphatic carbocycles. The van der Waals surface area contributed by atoms with Crippen molar-refractivity contribution in [2.45, 2.75) is 25.7 Å². The number of hydrogen-bond donors (Lipinski definition) is 0. The number of nitrogens with zero attached hydrogens (tertiary/aromatic N) is 3. The summed E-state index contributed by atoms with van der Waals surface area (Å²) in [5.41, 5.74) is 3.03. The summed E-state index contributed by atoms with van der Waals surface area (Å²) in [5, 5.41) is 4.39. The molecule has 0 saturated carbocycles. The summed E-state index contributed by atoms with van der Waals surface area (Å²) in [6, 6.07) is 6.37. The molecule has 24 heavy (non-hydrogen) atoms. The second kappa shape index (κ2) is 6.33. The van der Waals surface area contributed by atoms with E-state index >= 15 is 0 Å². The van der Waals surface area contributed by atoms with Crippen molar-refractivity contribution in [1.29, 1.82) is 0 Å². The third kappa shape index (κ3) is 2.92. The summed E-state index contributed by atoms with van der Waals surface area (Å²) in [6.45, 7) is 2.91. The molecule has 0 spiro atoms. The molecule has 6 nitrogen and oxygen atoms in total. The predicted molar refractivity (Wildman–Crippen MR) is 82.5 cm³/mol. The van der Waals surface area contributed by atoms with Crippen LogP contribution in [0.3, 0.4) is 0 Å². The number of halogens is 1. The van der Waals surface area contributed by atoms with E-state index in [1.54, 1.807) is 23.2 Å². The minimum atomic E-state index is -0.513. The second-order valence-electron chi connectivity index (χ2n) is 6.03. The number of carbonyl (C=O) groups is 1. The number of aromatic nitrogens is 2. The van der Waals surface area contributed by atoms with Gasteiger partial charge < -0.3 is 14.4 Å². The summed E-state index contributed by atoms with van der Waals surface area (Å²) < 4.78 is 25.7. The minimum absolute atomic E-state index is 0.0424. The van der Waals surface area contributed by atoms with Crippen LogP contribution in [0.25, 0.3) is 0 Å². The van der Waals surface area contributed by atoms with E-state index in [1.807, 2.05) is 4.68 Å². The third-order valence-electron chi connectivity index (χ3n) is 4.39. The Morgan fingerprint density at radius 3 is 2.83 bits per heavy atom. The van der Waals surface area contributed by atoms with Gasteiger partial charge in [-0.15, -0.1) is 0 Å². The van der Waals surface area contributed by atoms with Crippen LogP contribution >= 0.6 is 0 Å². The molecular weight excluding hydrogens is 313 g/mol. The average Bonchev–Trinajstić information content (AvgIpc) is 3.19. The fourth-order valence-electron chi connectivity index (χ4n) is 3.10. The van der Waals surface area contributed by atoms with E-state index in [1.165, 1.54) is 12.1 Å². The van der Waals surface area contributed by atoms with Crippen molar-refractivity contribution < 1.29 is 18.7 Å². The molecule has 4 rings (SSSR count). The van der Waals surface area contributed by atoms with Crippen molar-refractivity contribution in [3.8, 4) is 0 Å². The molecular formula is C17H18FN3O3. The number of hydrogen-bond acceptors (Lipinski definition) is 4. The molecule has 1 fully saturated rings. The van der Waals surface area contributed by atoms with Gasteiger partial charge in [-0.25, -0.2) is 4.39 Å². The topological polar surface area (TPSA) is 56.6 Å². The van der Waals surface area contributed by atoms with Crippen LogP contribution in [0.15, 0.2) is 30.5 Å². The summed E-state index contributed by atoms with van der Waals surface area (Å²) in [4.78, 5) is 14.3. The minimum Gasteiger partial charge on any atom is -0.376 e. The predicted octanol–water partition coefficient (Wildman–Crippen LogP) is 1.33. The molecule has 0 N–H and O–H groups in total. The standard InChI is InChI=1S/C17H18FN3O3/c18-14-3-1-12(2-4-14)8-21-15-10-20(9-13(15)7-19-21)17(22)16-11-23-5-6-24-16/h1-4,7,16H,5-6,8-11H2. The van der Waals surface area contributed by atoms with E-state index in [0.29, 0.717) is 39.5 Å². The van der Waals surface area contributed by atoms with Crippen LogP contribution in [0.5, 0.6) is 0 Å². The highest BCUT2D eigenvalue weighted by molar-refractivity contribution is 5.81. The average molecular weight is 331 g/mol. The molecule has 2 aliphatic heterocycles. The first-order valence-electron chi connectivity index (χ1n) is 7.97. The maximum Gasteiger partial charge on any atom is 0.254 e. The van der Waals surface area contributed by atoms with Gasteiger partial charge in [0, 0.05) is 12.1 Å². The van der Waals surface area contributed by atoms with Crippen molar-refractivity contribution in [3.05, 3.63) is 53.1 Å². The van der Waals surface area contributed by atoms with E-state index in [4.69, 9.17) is 9.47 Å². The van der Waals surface area contributed by atoms with Gasteiger partial charge in [0.1, 0.15) is 5.82 Å². The Hall–Kier alpha value is -2.25. The zero-order valence-corrected chi connectivity index (χ0v) is 13.2. The van der Waals surface area contributed by atoms with Gasteiger partial charge in [0.2, 0.25) is 0 Å². The Kier molecular flexibility index (Phi) is 4.03. The fourth-order valence-corrected chi connectivity index (χ4v) is 3.10. The Bertz CT molecular complexity index is 738. The van der Waals surface area contributed by atoms with Gasteiger partial charge in [0.25, 0.3) is 5.91 Å². The van der Waals surface area contributed by atoms with Crippen molar-refractivity contribution >= 4 is 5.91 Å². The fraction of sp³-hybridized carbons (Fsp3) is 0.412. The van der Waals surface area contributed by atoms with Crippen molar-refractivity contribution in [1.82, 2.24) is 14.7 Å². The molecule has 1 aromatic heterocycles. The smallest absolute Gasteiger partial charge is 0.254 e. The maximum absolute atomic E-state index is 13.0.